The van der Waals surface area contributed by atoms with E-state index in [1.807, 2.05) is 0 Å². The van der Waals surface area contributed by atoms with Crippen molar-refractivity contribution >= 4 is 132 Å². The summed E-state index contributed by atoms with van der Waals surface area (Å²) >= 11 is 0. The van der Waals surface area contributed by atoms with Gasteiger partial charge in [-0.3, -0.25) is 0 Å². The van der Waals surface area contributed by atoms with Crippen LogP contribution in [0.1, 0.15) is 0 Å². The zero-order valence-electron chi connectivity index (χ0n) is 71.8. The fraction of sp³-hybridized carbons (Fsp3) is 0. The number of hydrogen-bond donors (Lipinski definition) is 0. The zero-order chi connectivity index (χ0) is 99.5. The van der Waals surface area contributed by atoms with Crippen LogP contribution in [0.4, 0.5) is 105 Å². The van der Waals surface area contributed by atoms with Gasteiger partial charge in [-0.15, -0.1) is 0 Å². The van der Waals surface area contributed by atoms with Crippen molar-refractivity contribution in [2.24, 2.45) is 0 Å². The molecule has 0 N–H and O–H groups in total. The molecule has 0 aliphatic carbocycles. The molecule has 6 aliphatic heterocycles. The Bertz CT molecular complexity index is 9110. The van der Waals surface area contributed by atoms with Gasteiger partial charge in [0.15, 0.2) is 69.8 Å². The van der Waals surface area contributed by atoms with Crippen LogP contribution in [0.3, 0.4) is 0 Å². The summed E-state index contributed by atoms with van der Waals surface area (Å²) < 4.78 is 358. The Kier molecular flexibility index (Phi) is 22.8. The van der Waals surface area contributed by atoms with Gasteiger partial charge in [-0.25, -0.2) is 135 Å². The van der Waals surface area contributed by atoms with Crippen LogP contribution in [-0.2, 0) is 81.9 Å². The van der Waals surface area contributed by atoms with Crippen molar-refractivity contribution in [2.75, 3.05) is 0 Å². The minimum Gasteiger partial charge on any atom is -0.357 e. The maximum atomic E-state index is 15.3. The van der Waals surface area contributed by atoms with E-state index in [1.54, 1.807) is 0 Å². The molecule has 0 amide bonds. The number of aromatic nitrogens is 24. The average molecular weight is 2310 g/mol. The predicted molar refractivity (Wildman–Crippen MR) is 461 cm³/mol. The topological polar surface area (TPSA) is 317 Å². The normalized spacial score (nSPS) is 11.9. The maximum Gasteiger partial charge on any atom is 2.00 e. The summed E-state index contributed by atoms with van der Waals surface area (Å²) in [7, 11) is 0. The van der Waals surface area contributed by atoms with Crippen molar-refractivity contribution in [3.05, 3.63) is 285 Å². The van der Waals surface area contributed by atoms with Crippen LogP contribution in [0, 0.1) is 140 Å². The SMILES string of the molecule is Fc1cc2c(cc1F)-c1nc-2nc2[n-]c(nc3nc(nc4[n-]c(n1)c1cc(F)c(F)cc41)-c1cc(F)c(F)cc1-3)c1cc(F)c(F)cc21.Fc1cc2c3nc4nc(nc5[n-]c(nc6nc(nc([n-]3)c2cc1F)-c1c(F)ccc(F)c1-6)c1cc(F)c(F)cc51)-c1c(F)ccc(F)c1-4.Fc1ccc(F)c2c1-c1nc-2nc2[n-]c(nc3nc(nc4[n-]c(n1)c1c(F)ccc(F)c41)-c1c(F)ccc(F)c1-3)c1c(F)ccc(F)c21.[Cd+2].[Cd+2].[Cd+2]. The van der Waals surface area contributed by atoms with Gasteiger partial charge < -0.3 is 89.7 Å². The molecule has 147 heavy (non-hydrogen) atoms. The number of nitrogens with zero attached hydrogens (tertiary/aromatic N) is 24. The Labute approximate surface area is 854 Å². The van der Waals surface area contributed by atoms with Gasteiger partial charge in [-0.05, 0) is 189 Å². The zero-order valence-corrected chi connectivity index (χ0v) is 83.9. The first kappa shape index (κ1) is 95.6. The largest absolute Gasteiger partial charge is 2.00 e. The predicted octanol–water partition coefficient (Wildman–Crippen LogP) is 21.7. The summed E-state index contributed by atoms with van der Waals surface area (Å²) in [5.41, 5.74) is -9.41. The molecular weight excluding hydrogens is 2280 g/mol. The molecule has 0 saturated heterocycles. The fourth-order valence-corrected chi connectivity index (χ4v) is 17.2. The van der Waals surface area contributed by atoms with Gasteiger partial charge in [0.05, 0.1) is 114 Å². The van der Waals surface area contributed by atoms with Gasteiger partial charge in [-0.1, -0.05) is 0 Å². The molecule has 27 rings (SSSR count). The number of hydrogen-bond acceptors (Lipinski definition) is 18. The minimum atomic E-state index is -1.31. The molecule has 0 atom stereocenters. The number of benzene rings is 12. The summed E-state index contributed by atoms with van der Waals surface area (Å²) in [6, 6.07) is 18.6. The first-order chi connectivity index (χ1) is 69.1. The smallest absolute Gasteiger partial charge is 0.357 e. The van der Waals surface area contributed by atoms with Crippen molar-refractivity contribution in [1.29, 1.82) is 0 Å². The third-order valence-electron chi connectivity index (χ3n) is 23.6. The van der Waals surface area contributed by atoms with Crippen LogP contribution in [0.25, 0.3) is 269 Å². The summed E-state index contributed by atoms with van der Waals surface area (Å²) in [5, 5.41) is -3.11. The van der Waals surface area contributed by atoms with E-state index >= 15 is 52.7 Å². The van der Waals surface area contributed by atoms with E-state index in [1.165, 1.54) is 0 Å². The molecule has 0 radical (unpaired) electrons. The van der Waals surface area contributed by atoms with E-state index in [9.17, 15) is 52.7 Å². The fourth-order valence-electron chi connectivity index (χ4n) is 17.2. The van der Waals surface area contributed by atoms with Crippen LogP contribution >= 0.6 is 0 Å². The molecule has 6 aliphatic rings. The Morgan fingerprint density at radius 1 is 0.122 bits per heavy atom. The third kappa shape index (κ3) is 15.2. The Balaban J connectivity index is 0.000000124. The first-order valence-corrected chi connectivity index (χ1v) is 41.2. The van der Waals surface area contributed by atoms with E-state index in [0.717, 1.165) is 146 Å². The summed E-state index contributed by atoms with van der Waals surface area (Å²) in [4.78, 5) is 101. The molecule has 702 valence electrons. The second-order valence-electron chi connectivity index (χ2n) is 32.0. The van der Waals surface area contributed by atoms with Crippen molar-refractivity contribution in [3.63, 3.8) is 0 Å². The minimum absolute atomic E-state index is 0. The number of halogens is 24. The molecule has 24 bridgehead atoms. The molecular formula is C96H24Cd3F24N24. The maximum absolute atomic E-state index is 15.3. The summed E-state index contributed by atoms with van der Waals surface area (Å²) in [6.45, 7) is 0. The van der Waals surface area contributed by atoms with Crippen molar-refractivity contribution in [1.82, 2.24) is 120 Å². The van der Waals surface area contributed by atoms with E-state index in [-0.39, 0.29) is 216 Å². The van der Waals surface area contributed by atoms with Gasteiger partial charge >= 0.3 is 81.9 Å². The number of rotatable bonds is 0. The first-order valence-electron chi connectivity index (χ1n) is 41.2. The van der Waals surface area contributed by atoms with Crippen LogP contribution < -0.4 is 29.9 Å². The van der Waals surface area contributed by atoms with E-state index < -0.39 is 275 Å². The van der Waals surface area contributed by atoms with Crippen molar-refractivity contribution in [3.8, 4) is 137 Å². The Morgan fingerprint density at radius 3 is 0.395 bits per heavy atom. The molecule has 0 saturated carbocycles. The molecule has 0 fully saturated rings. The second kappa shape index (κ2) is 35.1. The summed E-state index contributed by atoms with van der Waals surface area (Å²) in [6.07, 6.45) is 0. The van der Waals surface area contributed by atoms with Gasteiger partial charge in [0.2, 0.25) is 0 Å². The molecule has 15 heterocycles. The van der Waals surface area contributed by atoms with Crippen molar-refractivity contribution in [2.45, 2.75) is 0 Å². The molecule has 24 nitrogen and oxygen atoms in total. The van der Waals surface area contributed by atoms with E-state index in [0.29, 0.717) is 0 Å². The summed E-state index contributed by atoms with van der Waals surface area (Å²) in [5.74, 6) is -33.2. The van der Waals surface area contributed by atoms with Crippen LogP contribution in [-0.4, -0.2) is 89.7 Å². The van der Waals surface area contributed by atoms with Gasteiger partial charge in [0.25, 0.3) is 0 Å². The Hall–Kier alpha value is -16.2. The van der Waals surface area contributed by atoms with E-state index in [2.05, 4.69) is 120 Å². The molecule has 51 heteroatoms. The Morgan fingerprint density at radius 2 is 0.238 bits per heavy atom. The van der Waals surface area contributed by atoms with Crippen molar-refractivity contribution < 1.29 is 187 Å². The second-order valence-corrected chi connectivity index (χ2v) is 32.0. The molecule has 12 aromatic carbocycles. The van der Waals surface area contributed by atoms with Gasteiger partial charge in [0, 0.05) is 112 Å². The van der Waals surface area contributed by atoms with E-state index in [4.69, 9.17) is 0 Å². The monoisotopic (exact) mass is 2310 g/mol. The molecule has 21 aromatic rings. The third-order valence-corrected chi connectivity index (χ3v) is 23.6. The van der Waals surface area contributed by atoms with Crippen LogP contribution in [0.2, 0.25) is 0 Å². The standard InChI is InChI=1S/3C32H8F8N8.3Cd/c33-17-1-9-10(2-18(17)34)26-41-25(9)45-27-11-3-19(35)20(36)4-12(11)29(42-27)47-31-15-7-23(39)24(40)8-16(15)32(44-31)48-30-14-6-22(38)21(37)5-13(14)28(43-30)46-26;33-13-1-2-14(34)22-21(13)29-43-25-9-5-17(37)18(38)6-10(9)27(41-25)45-31-23-15(35)3-4-16(36)24(23)32(48-31)46-28-12-8-20(40)19(39)7-11(12)26(42-28)44-30(22)47-29;33-9-1-2-10(34)18-17(9)25-41-26(18)46-28-21-13(37)5-6-14(38)22(21)30(43-28)48-32-24-16(40)8-7-15(39)23(24)31(44-32)47-29-20-12(36)4-3-11(35)19(20)27(42-29)45-25;;;/h3*1-8H;;;/q3*-2;3*+2. The van der Waals surface area contributed by atoms with Crippen LogP contribution in [0.5, 0.6) is 0 Å². The molecule has 0 unspecified atom stereocenters. The molecule has 0 spiro atoms. The van der Waals surface area contributed by atoms with Gasteiger partial charge in [0.1, 0.15) is 69.8 Å². The quantitative estimate of drug-likeness (QED) is 0.101. The van der Waals surface area contributed by atoms with Crippen LogP contribution in [0.15, 0.2) is 146 Å². The average Bonchev–Trinajstić information content (AvgIpc) is 1.64. The number of fused-ring (bicyclic) bond motifs is 60. The molecule has 9 aromatic heterocycles. The van der Waals surface area contributed by atoms with Gasteiger partial charge in [-0.2, -0.15) is 0 Å².